The van der Waals surface area contributed by atoms with Crippen LogP contribution in [0.15, 0.2) is 54.6 Å². The zero-order valence-electron chi connectivity index (χ0n) is 15.6. The molecule has 10 heteroatoms. The van der Waals surface area contributed by atoms with Crippen molar-refractivity contribution in [2.24, 2.45) is 0 Å². The number of nitro benzene ring substituents is 1. The Morgan fingerprint density at radius 1 is 1.00 bits per heavy atom. The van der Waals surface area contributed by atoms with Crippen molar-refractivity contribution in [2.45, 2.75) is 5.75 Å². The maximum atomic E-state index is 12.6. The zero-order valence-corrected chi connectivity index (χ0v) is 16.5. The molecule has 0 unspecified atom stereocenters. The second-order valence-electron chi connectivity index (χ2n) is 6.56. The van der Waals surface area contributed by atoms with Crippen LogP contribution in [0.2, 0.25) is 0 Å². The molecule has 2 aromatic rings. The number of nitrogens with zero attached hydrogens (tertiary/aromatic N) is 3. The average molecular weight is 419 g/mol. The Morgan fingerprint density at radius 3 is 2.21 bits per heavy atom. The Kier molecular flexibility index (Phi) is 6.45. The van der Waals surface area contributed by atoms with Crippen molar-refractivity contribution in [3.8, 4) is 5.75 Å². The third-order valence-corrected chi connectivity index (χ3v) is 6.44. The molecule has 0 N–H and O–H groups in total. The number of ether oxygens (including phenoxy) is 1. The van der Waals surface area contributed by atoms with Gasteiger partial charge in [-0.3, -0.25) is 14.9 Å². The van der Waals surface area contributed by atoms with Crippen molar-refractivity contribution in [3.05, 3.63) is 70.3 Å². The van der Waals surface area contributed by atoms with Gasteiger partial charge in [0.2, 0.25) is 10.0 Å². The Bertz CT molecular complexity index is 955. The molecule has 1 saturated heterocycles. The fourth-order valence-corrected chi connectivity index (χ4v) is 4.51. The molecule has 9 nitrogen and oxygen atoms in total. The van der Waals surface area contributed by atoms with Gasteiger partial charge in [0.15, 0.2) is 6.61 Å². The first-order valence-corrected chi connectivity index (χ1v) is 10.6. The molecule has 154 valence electrons. The minimum atomic E-state index is -3.44. The number of rotatable bonds is 7. The van der Waals surface area contributed by atoms with E-state index in [1.165, 1.54) is 28.6 Å². The molecule has 2 aromatic carbocycles. The van der Waals surface area contributed by atoms with E-state index in [0.29, 0.717) is 5.75 Å². The summed E-state index contributed by atoms with van der Waals surface area (Å²) in [7, 11) is -3.44. The van der Waals surface area contributed by atoms with Crippen LogP contribution in [-0.2, 0) is 20.6 Å². The SMILES string of the molecule is O=C(COc1ccc([N+](=O)[O-])cc1)N1CCN(S(=O)(=O)Cc2ccccc2)CC1. The second-order valence-corrected chi connectivity index (χ2v) is 8.53. The molecular weight excluding hydrogens is 398 g/mol. The van der Waals surface area contributed by atoms with Crippen molar-refractivity contribution in [1.82, 2.24) is 9.21 Å². The van der Waals surface area contributed by atoms with Gasteiger partial charge in [-0.1, -0.05) is 30.3 Å². The van der Waals surface area contributed by atoms with Gasteiger partial charge in [0, 0.05) is 38.3 Å². The van der Waals surface area contributed by atoms with Gasteiger partial charge in [-0.2, -0.15) is 4.31 Å². The number of benzene rings is 2. The summed E-state index contributed by atoms with van der Waals surface area (Å²) in [6.07, 6.45) is 0. The number of amides is 1. The lowest BCUT2D eigenvalue weighted by atomic mass is 10.2. The summed E-state index contributed by atoms with van der Waals surface area (Å²) in [5.41, 5.74) is 0.666. The van der Waals surface area contributed by atoms with Crippen LogP contribution in [0.3, 0.4) is 0 Å². The average Bonchev–Trinajstić information content (AvgIpc) is 2.73. The lowest BCUT2D eigenvalue weighted by molar-refractivity contribution is -0.384. The van der Waals surface area contributed by atoms with Crippen LogP contribution >= 0.6 is 0 Å². The topological polar surface area (TPSA) is 110 Å². The standard InChI is InChI=1S/C19H21N3O6S/c23-19(14-28-18-8-6-17(7-9-18)22(24)25)20-10-12-21(13-11-20)29(26,27)15-16-4-2-1-3-5-16/h1-9H,10-15H2. The zero-order chi connectivity index (χ0) is 20.9. The third kappa shape index (κ3) is 5.52. The second kappa shape index (κ2) is 9.01. The molecule has 0 aromatic heterocycles. The van der Waals surface area contributed by atoms with Gasteiger partial charge >= 0.3 is 0 Å². The van der Waals surface area contributed by atoms with Gasteiger partial charge in [-0.05, 0) is 17.7 Å². The van der Waals surface area contributed by atoms with E-state index < -0.39 is 14.9 Å². The van der Waals surface area contributed by atoms with Crippen molar-refractivity contribution in [3.63, 3.8) is 0 Å². The highest BCUT2D eigenvalue weighted by Gasteiger charge is 2.29. The number of hydrogen-bond donors (Lipinski definition) is 0. The van der Waals surface area contributed by atoms with Crippen molar-refractivity contribution in [2.75, 3.05) is 32.8 Å². The summed E-state index contributed by atoms with van der Waals surface area (Å²) in [6, 6.07) is 14.4. The number of carbonyl (C=O) groups excluding carboxylic acids is 1. The monoisotopic (exact) mass is 419 g/mol. The number of hydrogen-bond acceptors (Lipinski definition) is 6. The largest absolute Gasteiger partial charge is 0.484 e. The van der Waals surface area contributed by atoms with E-state index in [4.69, 9.17) is 4.74 Å². The van der Waals surface area contributed by atoms with E-state index in [0.717, 1.165) is 5.56 Å². The molecule has 1 aliphatic heterocycles. The van der Waals surface area contributed by atoms with Crippen LogP contribution in [-0.4, -0.2) is 61.2 Å². The maximum absolute atomic E-state index is 12.6. The molecule has 1 aliphatic rings. The lowest BCUT2D eigenvalue weighted by Crippen LogP contribution is -2.51. The van der Waals surface area contributed by atoms with Crippen LogP contribution in [0.25, 0.3) is 0 Å². The Morgan fingerprint density at radius 2 is 1.62 bits per heavy atom. The minimum Gasteiger partial charge on any atom is -0.484 e. The summed E-state index contributed by atoms with van der Waals surface area (Å²) in [5.74, 6) is 0.0295. The summed E-state index contributed by atoms with van der Waals surface area (Å²) in [5, 5.41) is 10.6. The molecule has 0 spiro atoms. The lowest BCUT2D eigenvalue weighted by Gasteiger charge is -2.34. The highest BCUT2D eigenvalue weighted by atomic mass is 32.2. The molecule has 0 bridgehead atoms. The highest BCUT2D eigenvalue weighted by Crippen LogP contribution is 2.18. The number of carbonyl (C=O) groups is 1. The fraction of sp³-hybridized carbons (Fsp3) is 0.316. The molecule has 0 saturated carbocycles. The molecule has 1 heterocycles. The molecule has 1 amide bonds. The van der Waals surface area contributed by atoms with Crippen molar-refractivity contribution >= 4 is 21.6 Å². The van der Waals surface area contributed by atoms with Crippen molar-refractivity contribution in [1.29, 1.82) is 0 Å². The van der Waals surface area contributed by atoms with Gasteiger partial charge < -0.3 is 9.64 Å². The maximum Gasteiger partial charge on any atom is 0.269 e. The first-order valence-electron chi connectivity index (χ1n) is 9.02. The summed E-state index contributed by atoms with van der Waals surface area (Å²) < 4.78 is 31.9. The Labute approximate surface area is 168 Å². The normalized spacial score (nSPS) is 15.1. The fourth-order valence-electron chi connectivity index (χ4n) is 2.99. The molecule has 0 radical (unpaired) electrons. The van der Waals surface area contributed by atoms with Crippen molar-refractivity contribution < 1.29 is 22.9 Å². The van der Waals surface area contributed by atoms with E-state index in [1.807, 2.05) is 6.07 Å². The van der Waals surface area contributed by atoms with E-state index in [2.05, 4.69) is 0 Å². The predicted molar refractivity (Wildman–Crippen MR) is 106 cm³/mol. The minimum absolute atomic E-state index is 0.0588. The van der Waals surface area contributed by atoms with Gasteiger partial charge in [-0.15, -0.1) is 0 Å². The van der Waals surface area contributed by atoms with Crippen LogP contribution in [0.5, 0.6) is 5.75 Å². The smallest absolute Gasteiger partial charge is 0.269 e. The van der Waals surface area contributed by atoms with E-state index in [9.17, 15) is 23.3 Å². The summed E-state index contributed by atoms with van der Waals surface area (Å²) in [4.78, 5) is 24.0. The Balaban J connectivity index is 1.48. The Hall–Kier alpha value is -2.98. The number of piperazine rings is 1. The van der Waals surface area contributed by atoms with Gasteiger partial charge in [-0.25, -0.2) is 8.42 Å². The first-order chi connectivity index (χ1) is 13.8. The number of sulfonamides is 1. The highest BCUT2D eigenvalue weighted by molar-refractivity contribution is 7.88. The number of non-ortho nitro benzene ring substituents is 1. The molecule has 29 heavy (non-hydrogen) atoms. The predicted octanol–water partition coefficient (Wildman–Crippen LogP) is 1.65. The van der Waals surface area contributed by atoms with Crippen LogP contribution in [0.1, 0.15) is 5.56 Å². The molecule has 3 rings (SSSR count). The van der Waals surface area contributed by atoms with Gasteiger partial charge in [0.25, 0.3) is 11.6 Å². The van der Waals surface area contributed by atoms with E-state index in [-0.39, 0.29) is 50.1 Å². The van der Waals surface area contributed by atoms with Crippen LogP contribution < -0.4 is 4.74 Å². The van der Waals surface area contributed by atoms with E-state index >= 15 is 0 Å². The first kappa shape index (κ1) is 20.7. The third-order valence-electron chi connectivity index (χ3n) is 4.59. The van der Waals surface area contributed by atoms with Gasteiger partial charge in [0.05, 0.1) is 10.7 Å². The number of nitro groups is 1. The quantitative estimate of drug-likeness (QED) is 0.498. The molecule has 1 fully saturated rings. The van der Waals surface area contributed by atoms with Gasteiger partial charge in [0.1, 0.15) is 5.75 Å². The van der Waals surface area contributed by atoms with Crippen LogP contribution in [0, 0.1) is 10.1 Å². The summed E-state index contributed by atoms with van der Waals surface area (Å²) in [6.45, 7) is 0.832. The van der Waals surface area contributed by atoms with E-state index in [1.54, 1.807) is 29.2 Å². The van der Waals surface area contributed by atoms with Crippen LogP contribution in [0.4, 0.5) is 5.69 Å². The molecule has 0 atom stereocenters. The molecular formula is C19H21N3O6S. The molecule has 0 aliphatic carbocycles. The summed E-state index contributed by atoms with van der Waals surface area (Å²) >= 11 is 0.